The number of nitriles is 1. The van der Waals surface area contributed by atoms with Gasteiger partial charge < -0.3 is 4.42 Å². The lowest BCUT2D eigenvalue weighted by Crippen LogP contribution is -2.09. The standard InChI is InChI=1S/C14H7N3O4/c15-7-9-8-16(11-4-2-1-3-10(9)11)14(18)12-5-6-13(21-12)17(19)20/h1-6,8H. The Kier molecular flexibility index (Phi) is 2.77. The first-order chi connectivity index (χ1) is 10.1. The highest BCUT2D eigenvalue weighted by molar-refractivity contribution is 6.02. The second kappa shape index (κ2) is 4.61. The molecule has 0 radical (unpaired) electrons. The van der Waals surface area contributed by atoms with Crippen molar-refractivity contribution in [3.05, 3.63) is 64.0 Å². The van der Waals surface area contributed by atoms with Gasteiger partial charge in [0.15, 0.2) is 5.76 Å². The van der Waals surface area contributed by atoms with Crippen molar-refractivity contribution in [1.29, 1.82) is 5.26 Å². The van der Waals surface area contributed by atoms with E-state index in [0.29, 0.717) is 16.5 Å². The maximum absolute atomic E-state index is 12.4. The van der Waals surface area contributed by atoms with Crippen molar-refractivity contribution >= 4 is 22.7 Å². The number of hydrogen-bond donors (Lipinski definition) is 0. The Balaban J connectivity index is 2.13. The Morgan fingerprint density at radius 1 is 1.29 bits per heavy atom. The molecule has 1 aromatic carbocycles. The third-order valence-corrected chi connectivity index (χ3v) is 3.03. The molecule has 3 rings (SSSR count). The van der Waals surface area contributed by atoms with Gasteiger partial charge in [-0.25, -0.2) is 0 Å². The Morgan fingerprint density at radius 2 is 2.05 bits per heavy atom. The lowest BCUT2D eigenvalue weighted by Gasteiger charge is -2.00. The van der Waals surface area contributed by atoms with Gasteiger partial charge in [0.1, 0.15) is 11.0 Å². The maximum Gasteiger partial charge on any atom is 0.433 e. The zero-order valence-corrected chi connectivity index (χ0v) is 10.5. The van der Waals surface area contributed by atoms with Gasteiger partial charge in [-0.2, -0.15) is 5.26 Å². The van der Waals surface area contributed by atoms with Gasteiger partial charge in [0.25, 0.3) is 5.91 Å². The fraction of sp³-hybridized carbons (Fsp3) is 0. The Morgan fingerprint density at radius 3 is 2.71 bits per heavy atom. The van der Waals surface area contributed by atoms with Crippen LogP contribution in [0.4, 0.5) is 5.88 Å². The van der Waals surface area contributed by atoms with Crippen molar-refractivity contribution in [2.24, 2.45) is 0 Å². The van der Waals surface area contributed by atoms with Crippen LogP contribution < -0.4 is 0 Å². The first-order valence-corrected chi connectivity index (χ1v) is 5.91. The lowest BCUT2D eigenvalue weighted by atomic mass is 10.2. The molecule has 102 valence electrons. The Hall–Kier alpha value is -3.40. The number of hydrogen-bond acceptors (Lipinski definition) is 5. The van der Waals surface area contributed by atoms with Crippen LogP contribution in [0.2, 0.25) is 0 Å². The summed E-state index contributed by atoms with van der Waals surface area (Å²) in [5.74, 6) is -1.23. The second-order valence-electron chi connectivity index (χ2n) is 4.24. The van der Waals surface area contributed by atoms with Crippen LogP contribution in [-0.4, -0.2) is 15.4 Å². The van der Waals surface area contributed by atoms with E-state index < -0.39 is 16.7 Å². The van der Waals surface area contributed by atoms with Crippen LogP contribution in [0.5, 0.6) is 0 Å². The number of furan rings is 1. The van der Waals surface area contributed by atoms with Crippen molar-refractivity contribution in [3.63, 3.8) is 0 Å². The van der Waals surface area contributed by atoms with Gasteiger partial charge >= 0.3 is 5.88 Å². The van der Waals surface area contributed by atoms with Crippen LogP contribution in [-0.2, 0) is 0 Å². The third-order valence-electron chi connectivity index (χ3n) is 3.03. The van der Waals surface area contributed by atoms with Gasteiger partial charge in [0.2, 0.25) is 0 Å². The highest BCUT2D eigenvalue weighted by atomic mass is 16.6. The van der Waals surface area contributed by atoms with Crippen LogP contribution in [0.15, 0.2) is 47.0 Å². The van der Waals surface area contributed by atoms with Crippen LogP contribution in [0, 0.1) is 21.4 Å². The average Bonchev–Trinajstić information content (AvgIpc) is 3.11. The fourth-order valence-corrected chi connectivity index (χ4v) is 2.10. The monoisotopic (exact) mass is 281 g/mol. The zero-order valence-electron chi connectivity index (χ0n) is 10.5. The van der Waals surface area contributed by atoms with E-state index in [-0.39, 0.29) is 5.76 Å². The topological polar surface area (TPSA) is 102 Å². The van der Waals surface area contributed by atoms with E-state index >= 15 is 0 Å². The van der Waals surface area contributed by atoms with Gasteiger partial charge in [-0.05, 0) is 12.1 Å². The summed E-state index contributed by atoms with van der Waals surface area (Å²) in [5, 5.41) is 20.3. The van der Waals surface area contributed by atoms with E-state index in [1.165, 1.54) is 16.8 Å². The SMILES string of the molecule is N#Cc1cn(C(=O)c2ccc([N+](=O)[O-])o2)c2ccccc12. The first-order valence-electron chi connectivity index (χ1n) is 5.91. The molecule has 0 unspecified atom stereocenters. The summed E-state index contributed by atoms with van der Waals surface area (Å²) in [4.78, 5) is 22.2. The summed E-state index contributed by atoms with van der Waals surface area (Å²) in [6.07, 6.45) is 1.39. The number of benzene rings is 1. The number of rotatable bonds is 2. The zero-order chi connectivity index (χ0) is 15.0. The van der Waals surface area contributed by atoms with E-state index in [4.69, 9.17) is 9.68 Å². The van der Waals surface area contributed by atoms with Crippen LogP contribution in [0.3, 0.4) is 0 Å². The average molecular weight is 281 g/mol. The number of fused-ring (bicyclic) bond motifs is 1. The first kappa shape index (κ1) is 12.6. The van der Waals surface area contributed by atoms with Crippen molar-refractivity contribution < 1.29 is 14.1 Å². The van der Waals surface area contributed by atoms with Gasteiger partial charge in [-0.15, -0.1) is 0 Å². The summed E-state index contributed by atoms with van der Waals surface area (Å²) in [6.45, 7) is 0. The van der Waals surface area contributed by atoms with Crippen LogP contribution >= 0.6 is 0 Å². The predicted octanol–water partition coefficient (Wildman–Crippen LogP) is 2.70. The molecule has 0 amide bonds. The highest BCUT2D eigenvalue weighted by Gasteiger charge is 2.21. The predicted molar refractivity (Wildman–Crippen MR) is 71.7 cm³/mol. The minimum Gasteiger partial charge on any atom is -0.395 e. The summed E-state index contributed by atoms with van der Waals surface area (Å²) in [5.41, 5.74) is 0.887. The molecular formula is C14H7N3O4. The molecular weight excluding hydrogens is 274 g/mol. The number of aromatic nitrogens is 1. The summed E-state index contributed by atoms with van der Waals surface area (Å²) >= 11 is 0. The van der Waals surface area contributed by atoms with Gasteiger partial charge in [0, 0.05) is 11.6 Å². The van der Waals surface area contributed by atoms with Crippen molar-refractivity contribution in [2.45, 2.75) is 0 Å². The number of carbonyl (C=O) groups excluding carboxylic acids is 1. The molecule has 0 aliphatic heterocycles. The highest BCUT2D eigenvalue weighted by Crippen LogP contribution is 2.23. The summed E-state index contributed by atoms with van der Waals surface area (Å²) < 4.78 is 6.15. The molecule has 7 nitrogen and oxygen atoms in total. The third kappa shape index (κ3) is 1.95. The molecule has 0 saturated heterocycles. The Labute approximate surface area is 117 Å². The van der Waals surface area contributed by atoms with Crippen molar-refractivity contribution in [1.82, 2.24) is 4.57 Å². The number of nitro groups is 1. The molecule has 0 aliphatic carbocycles. The van der Waals surface area contributed by atoms with Gasteiger partial charge in [-0.3, -0.25) is 19.5 Å². The minimum atomic E-state index is -0.717. The minimum absolute atomic E-state index is 0.160. The molecule has 21 heavy (non-hydrogen) atoms. The molecule has 0 bridgehead atoms. The van der Waals surface area contributed by atoms with E-state index in [1.54, 1.807) is 24.3 Å². The van der Waals surface area contributed by atoms with Gasteiger partial charge in [-0.1, -0.05) is 18.2 Å². The van der Waals surface area contributed by atoms with Crippen molar-refractivity contribution in [3.8, 4) is 6.07 Å². The maximum atomic E-state index is 12.4. The molecule has 0 atom stereocenters. The molecule has 3 aromatic rings. The number of para-hydroxylation sites is 1. The number of carbonyl (C=O) groups is 1. The molecule has 2 aromatic heterocycles. The van der Waals surface area contributed by atoms with E-state index in [2.05, 4.69) is 0 Å². The van der Waals surface area contributed by atoms with Crippen molar-refractivity contribution in [2.75, 3.05) is 0 Å². The summed E-state index contributed by atoms with van der Waals surface area (Å²) in [6, 6.07) is 11.3. The lowest BCUT2D eigenvalue weighted by molar-refractivity contribution is -0.402. The normalized spacial score (nSPS) is 10.4. The smallest absolute Gasteiger partial charge is 0.395 e. The molecule has 0 fully saturated rings. The van der Waals surface area contributed by atoms with E-state index in [1.807, 2.05) is 6.07 Å². The molecule has 0 saturated carbocycles. The molecule has 2 heterocycles. The molecule has 0 aliphatic rings. The fourth-order valence-electron chi connectivity index (χ4n) is 2.10. The van der Waals surface area contributed by atoms with Crippen LogP contribution in [0.25, 0.3) is 10.9 Å². The Bertz CT molecular complexity index is 914. The molecule has 0 spiro atoms. The number of nitrogens with zero attached hydrogens (tertiary/aromatic N) is 3. The quantitative estimate of drug-likeness (QED) is 0.530. The second-order valence-corrected chi connectivity index (χ2v) is 4.24. The van der Waals surface area contributed by atoms with E-state index in [9.17, 15) is 14.9 Å². The molecule has 0 N–H and O–H groups in total. The van der Waals surface area contributed by atoms with Gasteiger partial charge in [0.05, 0.1) is 17.1 Å². The van der Waals surface area contributed by atoms with E-state index in [0.717, 1.165) is 6.07 Å². The van der Waals surface area contributed by atoms with Crippen LogP contribution in [0.1, 0.15) is 16.1 Å². The summed E-state index contributed by atoms with van der Waals surface area (Å²) in [7, 11) is 0. The largest absolute Gasteiger partial charge is 0.433 e. The molecule has 7 heteroatoms.